The molecular weight excluding hydrogens is 709 g/mol. The van der Waals surface area contributed by atoms with E-state index in [4.69, 9.17) is 30.0 Å². The lowest BCUT2D eigenvalue weighted by molar-refractivity contribution is -0.137. The van der Waals surface area contributed by atoms with Crippen molar-refractivity contribution in [1.82, 2.24) is 19.3 Å². The number of rotatable bonds is 12. The lowest BCUT2D eigenvalue weighted by atomic mass is 9.53. The van der Waals surface area contributed by atoms with Crippen molar-refractivity contribution in [2.45, 2.75) is 123 Å². The summed E-state index contributed by atoms with van der Waals surface area (Å²) in [5.41, 5.74) is 11.2. The second-order valence-corrected chi connectivity index (χ2v) is 17.1. The van der Waals surface area contributed by atoms with Crippen LogP contribution < -0.4 is 25.3 Å². The Morgan fingerprint density at radius 1 is 0.857 bits per heavy atom. The van der Waals surface area contributed by atoms with Crippen LogP contribution in [0.3, 0.4) is 0 Å². The van der Waals surface area contributed by atoms with Crippen molar-refractivity contribution < 1.29 is 28.9 Å². The largest absolute Gasteiger partial charge is 0.496 e. The standard InChI is InChI=1S/C34H43N5O6.C10H17N/c1-20-16-30(45-6)25(18-28(20)43-4)32-35-34(37-39(32)15-12-23-10-8-7-9-11-23)36-33(42)27-17-24-21(2)22(3)29(44-5)19-26(24)38(27)14-13-31(40)41;11-10-4-7-1-8(5-10)3-9(2-7)6-10/h16-19,23H,7-15H2,1-6H3,(H,40,41)(H,36,37,42);7-9H,1-6,11H2. The second-order valence-electron chi connectivity index (χ2n) is 17.1. The fourth-order valence-corrected chi connectivity index (χ4v) is 10.6. The number of nitrogens with zero attached hydrogens (tertiary/aromatic N) is 4. The Morgan fingerprint density at radius 2 is 1.50 bits per heavy atom. The molecule has 5 aliphatic rings. The number of methoxy groups -OCH3 is 3. The number of hydrogen-bond acceptors (Lipinski definition) is 8. The minimum atomic E-state index is -0.954. The molecule has 2 aromatic heterocycles. The number of aliphatic carboxylic acids is 1. The zero-order valence-electron chi connectivity index (χ0n) is 34.1. The third-order valence-electron chi connectivity index (χ3n) is 13.2. The zero-order valence-corrected chi connectivity index (χ0v) is 34.1. The lowest BCUT2D eigenvalue weighted by Gasteiger charge is -2.55. The molecule has 0 radical (unpaired) electrons. The highest BCUT2D eigenvalue weighted by Crippen LogP contribution is 2.54. The van der Waals surface area contributed by atoms with Gasteiger partial charge >= 0.3 is 5.97 Å². The Labute approximate surface area is 330 Å². The number of fused-ring (bicyclic) bond motifs is 1. The summed E-state index contributed by atoms with van der Waals surface area (Å²) in [5.74, 6) is 5.02. The molecule has 0 spiro atoms. The van der Waals surface area contributed by atoms with Crippen LogP contribution in [0.5, 0.6) is 17.2 Å². The molecule has 4 bridgehead atoms. The van der Waals surface area contributed by atoms with E-state index in [1.54, 1.807) is 32.0 Å². The highest BCUT2D eigenvalue weighted by molar-refractivity contribution is 6.06. The summed E-state index contributed by atoms with van der Waals surface area (Å²) in [7, 11) is 4.84. The smallest absolute Gasteiger partial charge is 0.305 e. The fraction of sp³-hybridized carbons (Fsp3) is 0.591. The molecule has 56 heavy (non-hydrogen) atoms. The van der Waals surface area contributed by atoms with Gasteiger partial charge in [-0.15, -0.1) is 5.10 Å². The summed E-state index contributed by atoms with van der Waals surface area (Å²) >= 11 is 0. The third kappa shape index (κ3) is 8.26. The van der Waals surface area contributed by atoms with Crippen LogP contribution >= 0.6 is 0 Å². The molecule has 12 heteroatoms. The summed E-state index contributed by atoms with van der Waals surface area (Å²) in [6, 6.07) is 7.45. The molecule has 9 rings (SSSR count). The predicted octanol–water partition coefficient (Wildman–Crippen LogP) is 8.46. The maximum atomic E-state index is 13.9. The van der Waals surface area contributed by atoms with E-state index in [2.05, 4.69) is 5.32 Å². The van der Waals surface area contributed by atoms with Crippen LogP contribution in [0.4, 0.5) is 5.95 Å². The first kappa shape index (κ1) is 39.6. The number of amides is 1. The maximum absolute atomic E-state index is 13.9. The van der Waals surface area contributed by atoms with E-state index < -0.39 is 11.9 Å². The number of ether oxygens (including phenoxy) is 3. The van der Waals surface area contributed by atoms with Gasteiger partial charge in [0.15, 0.2) is 5.82 Å². The maximum Gasteiger partial charge on any atom is 0.305 e. The molecule has 4 N–H and O–H groups in total. The number of hydrogen-bond donors (Lipinski definition) is 3. The van der Waals surface area contributed by atoms with Gasteiger partial charge in [-0.3, -0.25) is 14.9 Å². The fourth-order valence-electron chi connectivity index (χ4n) is 10.6. The number of benzene rings is 2. The van der Waals surface area contributed by atoms with Crippen molar-refractivity contribution in [3.05, 3.63) is 46.6 Å². The van der Waals surface area contributed by atoms with Crippen LogP contribution in [0, 0.1) is 44.4 Å². The summed E-state index contributed by atoms with van der Waals surface area (Å²) in [5, 5.41) is 18.0. The summed E-state index contributed by atoms with van der Waals surface area (Å²) in [4.78, 5) is 30.2. The van der Waals surface area contributed by atoms with Gasteiger partial charge in [-0.1, -0.05) is 32.1 Å². The van der Waals surface area contributed by atoms with Gasteiger partial charge in [0.2, 0.25) is 5.95 Å². The second kappa shape index (κ2) is 16.5. The Kier molecular flexibility index (Phi) is 11.7. The van der Waals surface area contributed by atoms with Crippen LogP contribution in [-0.2, 0) is 17.9 Å². The number of nitrogens with two attached hydrogens (primary N) is 1. The molecule has 5 fully saturated rings. The van der Waals surface area contributed by atoms with Gasteiger partial charge in [0.05, 0.1) is 38.8 Å². The Balaban J connectivity index is 0.000000368. The van der Waals surface area contributed by atoms with Gasteiger partial charge in [-0.2, -0.15) is 4.98 Å². The van der Waals surface area contributed by atoms with Gasteiger partial charge in [0, 0.05) is 30.1 Å². The molecule has 12 nitrogen and oxygen atoms in total. The average molecular weight is 769 g/mol. The third-order valence-corrected chi connectivity index (χ3v) is 13.2. The number of aromatic nitrogens is 4. The number of aryl methyl sites for hydroxylation is 4. The molecule has 5 aliphatic carbocycles. The quantitative estimate of drug-likeness (QED) is 0.129. The van der Waals surface area contributed by atoms with E-state index in [0.29, 0.717) is 52.3 Å². The summed E-state index contributed by atoms with van der Waals surface area (Å²) in [6.07, 6.45) is 15.6. The SMILES string of the molecule is COc1cc(-c2nc(NC(=O)c3cc4c(C)c(C)c(OC)cc4n3CCC(=O)O)nn2CCC2CCCCC2)c(OC)cc1C.NC12CC3CC(CC(C3)C1)C2. The van der Waals surface area contributed by atoms with Crippen molar-refractivity contribution >= 4 is 28.7 Å². The Morgan fingerprint density at radius 3 is 2.09 bits per heavy atom. The molecule has 5 saturated carbocycles. The van der Waals surface area contributed by atoms with Crippen molar-refractivity contribution in [3.8, 4) is 28.6 Å². The van der Waals surface area contributed by atoms with E-state index in [-0.39, 0.29) is 18.9 Å². The first-order valence-electron chi connectivity index (χ1n) is 20.6. The van der Waals surface area contributed by atoms with Gasteiger partial charge < -0.3 is 29.6 Å². The molecular formula is C44H60N6O6. The van der Waals surface area contributed by atoms with Gasteiger partial charge in [0.25, 0.3) is 5.91 Å². The monoisotopic (exact) mass is 768 g/mol. The Hall–Kier alpha value is -4.58. The normalized spacial score (nSPS) is 22.8. The van der Waals surface area contributed by atoms with E-state index >= 15 is 0 Å². The van der Waals surface area contributed by atoms with Crippen LogP contribution in [0.25, 0.3) is 22.3 Å². The molecule has 2 aromatic carbocycles. The predicted molar refractivity (Wildman–Crippen MR) is 218 cm³/mol. The molecule has 1 amide bonds. The van der Waals surface area contributed by atoms with Crippen molar-refractivity contribution in [2.24, 2.45) is 29.4 Å². The van der Waals surface area contributed by atoms with E-state index in [9.17, 15) is 14.7 Å². The topological polar surface area (TPSA) is 156 Å². The van der Waals surface area contributed by atoms with E-state index in [1.165, 1.54) is 70.6 Å². The average Bonchev–Trinajstić information content (AvgIpc) is 3.74. The number of carbonyl (C=O) groups excluding carboxylic acids is 1. The van der Waals surface area contributed by atoms with Crippen molar-refractivity contribution in [2.75, 3.05) is 26.6 Å². The van der Waals surface area contributed by atoms with Gasteiger partial charge in [-0.05, 0) is 124 Å². The van der Waals surface area contributed by atoms with E-state index in [0.717, 1.165) is 51.8 Å². The molecule has 302 valence electrons. The Bertz CT molecular complexity index is 2040. The molecule has 0 saturated heterocycles. The molecule has 2 heterocycles. The molecule has 0 unspecified atom stereocenters. The minimum Gasteiger partial charge on any atom is -0.496 e. The van der Waals surface area contributed by atoms with Crippen LogP contribution in [0.15, 0.2) is 24.3 Å². The highest BCUT2D eigenvalue weighted by Gasteiger charge is 2.48. The lowest BCUT2D eigenvalue weighted by Crippen LogP contribution is -2.55. The van der Waals surface area contributed by atoms with E-state index in [1.807, 2.05) is 43.7 Å². The van der Waals surface area contributed by atoms with Crippen LogP contribution in [0.2, 0.25) is 0 Å². The molecule has 0 aliphatic heterocycles. The number of carboxylic acid groups (broad SMARTS) is 1. The molecule has 4 aromatic rings. The van der Waals surface area contributed by atoms with Gasteiger partial charge in [-0.25, -0.2) is 4.68 Å². The number of carbonyl (C=O) groups is 2. The van der Waals surface area contributed by atoms with Gasteiger partial charge in [0.1, 0.15) is 22.9 Å². The first-order valence-corrected chi connectivity index (χ1v) is 20.6. The molecule has 0 atom stereocenters. The number of carboxylic acids is 1. The summed E-state index contributed by atoms with van der Waals surface area (Å²) < 4.78 is 20.5. The zero-order chi connectivity index (χ0) is 39.7. The van der Waals surface area contributed by atoms with Crippen LogP contribution in [0.1, 0.15) is 111 Å². The number of nitrogens with one attached hydrogen (secondary N) is 1. The summed E-state index contributed by atoms with van der Waals surface area (Å²) in [6.45, 7) is 6.63. The highest BCUT2D eigenvalue weighted by atomic mass is 16.5. The van der Waals surface area contributed by atoms with Crippen molar-refractivity contribution in [1.29, 1.82) is 0 Å². The van der Waals surface area contributed by atoms with Crippen molar-refractivity contribution in [3.63, 3.8) is 0 Å². The number of anilines is 1. The van der Waals surface area contributed by atoms with Crippen LogP contribution in [-0.4, -0.2) is 63.2 Å². The first-order chi connectivity index (χ1) is 26.9. The minimum absolute atomic E-state index is 0.113.